The Hall–Kier alpha value is -1.12. The molecule has 96 valence electrons. The molecule has 1 aliphatic rings. The van der Waals surface area contributed by atoms with E-state index in [1.165, 1.54) is 0 Å². The number of ether oxygens (including phenoxy) is 1. The number of hydrogen-bond donors (Lipinski definition) is 0. The van der Waals surface area contributed by atoms with E-state index in [2.05, 4.69) is 0 Å². The van der Waals surface area contributed by atoms with E-state index in [0.29, 0.717) is 23.4 Å². The second-order valence-corrected chi connectivity index (χ2v) is 7.06. The Labute approximate surface area is 113 Å². The summed E-state index contributed by atoms with van der Waals surface area (Å²) in [5.41, 5.74) is 0.730. The van der Waals surface area contributed by atoms with Crippen LogP contribution in [0.5, 0.6) is 5.75 Å². The third-order valence-corrected chi connectivity index (χ3v) is 5.52. The Bertz CT molecular complexity index is 439. The Balaban J connectivity index is 1.96. The Kier molecular flexibility index (Phi) is 4.56. The molecule has 3 nitrogen and oxygen atoms in total. The molecular weight excluding hydrogens is 295 g/mol. The number of carbonyl (C=O) groups excluding carboxylic acids is 2. The summed E-state index contributed by atoms with van der Waals surface area (Å²) >= 11 is -0.120. The summed E-state index contributed by atoms with van der Waals surface area (Å²) in [7, 11) is 1.61. The van der Waals surface area contributed by atoms with Gasteiger partial charge in [0.1, 0.15) is 0 Å². The van der Waals surface area contributed by atoms with E-state index in [1.54, 1.807) is 31.4 Å². The summed E-state index contributed by atoms with van der Waals surface area (Å²) in [5, 5.41) is 0. The van der Waals surface area contributed by atoms with Crippen LogP contribution in [0.2, 0.25) is 4.82 Å². The zero-order valence-electron chi connectivity index (χ0n) is 10.3. The fourth-order valence-corrected chi connectivity index (χ4v) is 4.40. The number of ketones is 1. The molecule has 18 heavy (non-hydrogen) atoms. The first-order chi connectivity index (χ1) is 8.69. The van der Waals surface area contributed by atoms with Crippen LogP contribution in [-0.4, -0.2) is 32.5 Å². The van der Waals surface area contributed by atoms with Crippen LogP contribution in [0.4, 0.5) is 0 Å². The van der Waals surface area contributed by atoms with Crippen LogP contribution in [0.3, 0.4) is 0 Å². The van der Waals surface area contributed by atoms with Crippen LogP contribution in [-0.2, 0) is 4.79 Å². The van der Waals surface area contributed by atoms with E-state index >= 15 is 0 Å². The molecule has 0 aromatic heterocycles. The monoisotopic (exact) mass is 312 g/mol. The number of Topliss-reactive ketones (excluding diaryl/α,β-unsaturated/α-hetero) is 1. The second-order valence-electron chi connectivity index (χ2n) is 4.39. The molecule has 0 spiro atoms. The Morgan fingerprint density at radius 2 is 2.06 bits per heavy atom. The molecule has 0 bridgehead atoms. The molecule has 1 fully saturated rings. The van der Waals surface area contributed by atoms with Gasteiger partial charge in [-0.2, -0.15) is 0 Å². The van der Waals surface area contributed by atoms with Crippen molar-refractivity contribution in [1.29, 1.82) is 0 Å². The maximum absolute atomic E-state index is 12.1. The van der Waals surface area contributed by atoms with Crippen molar-refractivity contribution in [2.45, 2.75) is 30.5 Å². The molecule has 2 rings (SSSR count). The van der Waals surface area contributed by atoms with Crippen LogP contribution in [0.1, 0.15) is 36.0 Å². The van der Waals surface area contributed by atoms with Crippen molar-refractivity contribution in [2.24, 2.45) is 0 Å². The third-order valence-electron chi connectivity index (χ3n) is 3.04. The quantitative estimate of drug-likeness (QED) is 0.802. The van der Waals surface area contributed by atoms with E-state index in [1.807, 2.05) is 0 Å². The van der Waals surface area contributed by atoms with E-state index in [9.17, 15) is 9.59 Å². The molecule has 0 saturated heterocycles. The maximum atomic E-state index is 12.1. The molecule has 1 unspecified atom stereocenters. The number of methoxy groups -OCH3 is 1. The van der Waals surface area contributed by atoms with Crippen LogP contribution < -0.4 is 4.74 Å². The van der Waals surface area contributed by atoms with Gasteiger partial charge in [0.05, 0.1) is 0 Å². The summed E-state index contributed by atoms with van der Waals surface area (Å²) in [4.78, 5) is 23.8. The van der Waals surface area contributed by atoms with Crippen molar-refractivity contribution < 1.29 is 14.3 Å². The molecule has 4 heteroatoms. The number of hydrogen-bond acceptors (Lipinski definition) is 3. The van der Waals surface area contributed by atoms with Gasteiger partial charge < -0.3 is 0 Å². The predicted octanol–water partition coefficient (Wildman–Crippen LogP) is 2.47. The molecule has 1 atom stereocenters. The molecule has 1 aromatic carbocycles. The summed E-state index contributed by atoms with van der Waals surface area (Å²) in [5.74, 6) is 1.07. The van der Waals surface area contributed by atoms with Crippen molar-refractivity contribution in [3.05, 3.63) is 29.8 Å². The topological polar surface area (TPSA) is 43.4 Å². The number of carbonyl (C=O) groups is 2. The van der Waals surface area contributed by atoms with Crippen LogP contribution in [0, 0.1) is 0 Å². The average molecular weight is 311 g/mol. The first kappa shape index (κ1) is 13.3. The third kappa shape index (κ3) is 3.44. The van der Waals surface area contributed by atoms with Gasteiger partial charge in [-0.3, -0.25) is 0 Å². The molecule has 0 N–H and O–H groups in total. The second kappa shape index (κ2) is 6.17. The molecular formula is C14H16O3Se. The SMILES string of the molecule is COc1ccc(C(=O)[Se]C2CCCC(=O)C2)cc1. The number of benzene rings is 1. The van der Waals surface area contributed by atoms with E-state index < -0.39 is 0 Å². The van der Waals surface area contributed by atoms with Gasteiger partial charge in [0.15, 0.2) is 0 Å². The summed E-state index contributed by atoms with van der Waals surface area (Å²) in [6, 6.07) is 7.20. The van der Waals surface area contributed by atoms with Crippen LogP contribution in [0.15, 0.2) is 24.3 Å². The zero-order chi connectivity index (χ0) is 13.0. The first-order valence-corrected chi connectivity index (χ1v) is 7.90. The average Bonchev–Trinajstić information content (AvgIpc) is 2.39. The van der Waals surface area contributed by atoms with Gasteiger partial charge in [-0.25, -0.2) is 0 Å². The molecule has 1 saturated carbocycles. The molecule has 0 aliphatic heterocycles. The summed E-state index contributed by atoms with van der Waals surface area (Å²) in [6.07, 6.45) is 3.26. The Morgan fingerprint density at radius 3 is 2.67 bits per heavy atom. The van der Waals surface area contributed by atoms with E-state index in [-0.39, 0.29) is 19.6 Å². The van der Waals surface area contributed by atoms with Gasteiger partial charge in [-0.1, -0.05) is 0 Å². The van der Waals surface area contributed by atoms with Crippen molar-refractivity contribution in [3.8, 4) is 5.75 Å². The minimum absolute atomic E-state index is 0.120. The van der Waals surface area contributed by atoms with Gasteiger partial charge in [-0.15, -0.1) is 0 Å². The van der Waals surface area contributed by atoms with Gasteiger partial charge in [0, 0.05) is 0 Å². The molecule has 0 amide bonds. The molecule has 1 aromatic rings. The minimum atomic E-state index is -0.120. The van der Waals surface area contributed by atoms with Crippen molar-refractivity contribution in [3.63, 3.8) is 0 Å². The predicted molar refractivity (Wildman–Crippen MR) is 70.3 cm³/mol. The van der Waals surface area contributed by atoms with Crippen LogP contribution >= 0.6 is 0 Å². The standard InChI is InChI=1S/C14H16O3Se/c1-17-12-7-5-10(6-8-12)14(16)18-13-4-2-3-11(15)9-13/h5-8,13H,2-4,9H2,1H3. The first-order valence-electron chi connectivity index (χ1n) is 6.06. The van der Waals surface area contributed by atoms with Crippen molar-refractivity contribution >= 4 is 25.4 Å². The summed E-state index contributed by atoms with van der Waals surface area (Å²) in [6.45, 7) is 0. The summed E-state index contributed by atoms with van der Waals surface area (Å²) < 4.78 is 5.25. The van der Waals surface area contributed by atoms with Crippen LogP contribution in [0.25, 0.3) is 0 Å². The normalized spacial score (nSPS) is 19.6. The number of rotatable bonds is 4. The molecule has 0 radical (unpaired) electrons. The molecule has 1 aliphatic carbocycles. The van der Waals surface area contributed by atoms with Gasteiger partial charge >= 0.3 is 113 Å². The van der Waals surface area contributed by atoms with Crippen molar-refractivity contribution in [1.82, 2.24) is 0 Å². The fourth-order valence-electron chi connectivity index (χ4n) is 2.03. The van der Waals surface area contributed by atoms with E-state index in [0.717, 1.165) is 24.2 Å². The van der Waals surface area contributed by atoms with Gasteiger partial charge in [-0.05, 0) is 0 Å². The van der Waals surface area contributed by atoms with E-state index in [4.69, 9.17) is 4.74 Å². The van der Waals surface area contributed by atoms with Crippen molar-refractivity contribution in [2.75, 3.05) is 7.11 Å². The van der Waals surface area contributed by atoms with Gasteiger partial charge in [0.2, 0.25) is 0 Å². The molecule has 0 heterocycles. The zero-order valence-corrected chi connectivity index (χ0v) is 12.1. The fraction of sp³-hybridized carbons (Fsp3) is 0.429. The van der Waals surface area contributed by atoms with Gasteiger partial charge in [0.25, 0.3) is 0 Å². The Morgan fingerprint density at radius 1 is 1.33 bits per heavy atom.